The molecule has 0 amide bonds. The standard InChI is InChI=1S/C22H20N2O3.ClH/c1-23-18(11-9-16-5-3-7-20(25)13-16)15-19(24(2)22(23)27)12-10-17-6-4-8-21(26)14-17;/h3-15H,1-2H3,(H-,25,26);1H. The lowest BCUT2D eigenvalue weighted by Crippen LogP contribution is -3.00. The minimum Gasteiger partial charge on any atom is -1.00 e. The van der Waals surface area contributed by atoms with Crippen LogP contribution in [-0.4, -0.2) is 14.8 Å². The first kappa shape index (κ1) is 21.0. The summed E-state index contributed by atoms with van der Waals surface area (Å²) >= 11 is 0. The topological polar surface area (TPSA) is 66.3 Å². The van der Waals surface area contributed by atoms with Gasteiger partial charge in [0.05, 0.1) is 14.1 Å². The smallest absolute Gasteiger partial charge is 0.498 e. The van der Waals surface area contributed by atoms with Gasteiger partial charge in [-0.2, -0.15) is 13.9 Å². The molecule has 1 aromatic heterocycles. The monoisotopic (exact) mass is 396 g/mol. The van der Waals surface area contributed by atoms with E-state index in [1.165, 1.54) is 0 Å². The maximum absolute atomic E-state index is 12.5. The molecule has 0 aliphatic carbocycles. The Bertz CT molecular complexity index is 1020. The molecule has 0 aliphatic rings. The fourth-order valence-corrected chi connectivity index (χ4v) is 2.73. The van der Waals surface area contributed by atoms with Crippen LogP contribution in [0.5, 0.6) is 11.5 Å². The van der Waals surface area contributed by atoms with Crippen molar-refractivity contribution in [2.75, 3.05) is 0 Å². The Hall–Kier alpha value is -3.31. The van der Waals surface area contributed by atoms with Crippen LogP contribution in [0.4, 0.5) is 0 Å². The number of phenolic OH excluding ortho intramolecular Hbond substituents is 2. The molecule has 144 valence electrons. The van der Waals surface area contributed by atoms with Gasteiger partial charge in [0, 0.05) is 6.07 Å². The molecule has 0 fully saturated rings. The van der Waals surface area contributed by atoms with Crippen molar-refractivity contribution >= 4 is 24.3 Å². The maximum Gasteiger partial charge on any atom is 0.498 e. The summed E-state index contributed by atoms with van der Waals surface area (Å²) in [7, 11) is 3.43. The zero-order valence-electron chi connectivity index (χ0n) is 15.6. The normalized spacial score (nSPS) is 11.1. The highest BCUT2D eigenvalue weighted by molar-refractivity contribution is 5.71. The van der Waals surface area contributed by atoms with Gasteiger partial charge < -0.3 is 22.6 Å². The van der Waals surface area contributed by atoms with Gasteiger partial charge in [-0.15, -0.1) is 0 Å². The third-order valence-electron chi connectivity index (χ3n) is 4.28. The van der Waals surface area contributed by atoms with Gasteiger partial charge in [0.1, 0.15) is 22.9 Å². The number of nitrogens with zero attached hydrogens (tertiary/aromatic N) is 2. The van der Waals surface area contributed by atoms with Gasteiger partial charge in [0.2, 0.25) is 0 Å². The van der Waals surface area contributed by atoms with Crippen molar-refractivity contribution in [1.82, 2.24) is 4.57 Å². The zero-order chi connectivity index (χ0) is 19.4. The summed E-state index contributed by atoms with van der Waals surface area (Å²) in [6.07, 6.45) is 7.36. The Kier molecular flexibility index (Phi) is 6.79. The van der Waals surface area contributed by atoms with Crippen LogP contribution in [0.25, 0.3) is 24.3 Å². The number of rotatable bonds is 4. The van der Waals surface area contributed by atoms with Crippen molar-refractivity contribution in [3.63, 3.8) is 0 Å². The molecule has 0 aliphatic heterocycles. The lowest BCUT2D eigenvalue weighted by Gasteiger charge is -2.03. The molecular formula is C22H21ClN2O3. The first-order valence-electron chi connectivity index (χ1n) is 8.48. The Morgan fingerprint density at radius 2 is 1.39 bits per heavy atom. The van der Waals surface area contributed by atoms with Crippen molar-refractivity contribution in [2.45, 2.75) is 0 Å². The van der Waals surface area contributed by atoms with Crippen molar-refractivity contribution in [1.29, 1.82) is 0 Å². The van der Waals surface area contributed by atoms with E-state index in [-0.39, 0.29) is 29.6 Å². The highest BCUT2D eigenvalue weighted by atomic mass is 35.5. The minimum atomic E-state index is -0.149. The average Bonchev–Trinajstić information content (AvgIpc) is 2.65. The van der Waals surface area contributed by atoms with Gasteiger partial charge in [0.15, 0.2) is 0 Å². The summed E-state index contributed by atoms with van der Waals surface area (Å²) in [6.45, 7) is 0. The highest BCUT2D eigenvalue weighted by Crippen LogP contribution is 2.15. The third kappa shape index (κ3) is 4.90. The molecule has 2 aromatic carbocycles. The first-order valence-corrected chi connectivity index (χ1v) is 8.48. The molecule has 0 saturated heterocycles. The summed E-state index contributed by atoms with van der Waals surface area (Å²) < 4.78 is 3.12. The Morgan fingerprint density at radius 3 is 1.93 bits per heavy atom. The number of aromatic nitrogens is 2. The van der Waals surface area contributed by atoms with Crippen LogP contribution < -0.4 is 22.7 Å². The molecule has 0 saturated carbocycles. The second-order valence-electron chi connectivity index (χ2n) is 6.25. The number of hydrogen-bond donors (Lipinski definition) is 2. The van der Waals surface area contributed by atoms with Gasteiger partial charge in [-0.05, 0) is 47.5 Å². The fraction of sp³-hybridized carbons (Fsp3) is 0.0909. The summed E-state index contributed by atoms with van der Waals surface area (Å²) in [5.41, 5.74) is 3.00. The Morgan fingerprint density at radius 1 is 0.857 bits per heavy atom. The van der Waals surface area contributed by atoms with E-state index in [0.29, 0.717) is 0 Å². The van der Waals surface area contributed by atoms with Gasteiger partial charge >= 0.3 is 5.69 Å². The van der Waals surface area contributed by atoms with Crippen molar-refractivity contribution in [2.24, 2.45) is 14.1 Å². The van der Waals surface area contributed by atoms with Crippen LogP contribution in [0.3, 0.4) is 0 Å². The third-order valence-corrected chi connectivity index (χ3v) is 4.28. The molecule has 0 unspecified atom stereocenters. The fourth-order valence-electron chi connectivity index (χ4n) is 2.73. The molecule has 6 heteroatoms. The molecule has 5 nitrogen and oxygen atoms in total. The molecule has 0 spiro atoms. The number of phenols is 2. The van der Waals surface area contributed by atoms with Crippen LogP contribution in [0.1, 0.15) is 22.5 Å². The highest BCUT2D eigenvalue weighted by Gasteiger charge is 2.13. The predicted molar refractivity (Wildman–Crippen MR) is 107 cm³/mol. The van der Waals surface area contributed by atoms with Gasteiger partial charge in [-0.3, -0.25) is 0 Å². The van der Waals surface area contributed by atoms with Crippen molar-refractivity contribution in [3.05, 3.63) is 87.6 Å². The SMILES string of the molecule is Cn1c(C=Cc2cccc(O)c2)cc(C=Cc2cccc(O)c2)[n+](C)c1=O.[Cl-]. The summed E-state index contributed by atoms with van der Waals surface area (Å²) in [4.78, 5) is 12.5. The second-order valence-corrected chi connectivity index (χ2v) is 6.25. The van der Waals surface area contributed by atoms with Crippen LogP contribution >= 0.6 is 0 Å². The molecule has 0 radical (unpaired) electrons. The Balaban J connectivity index is 0.00000280. The number of hydrogen-bond acceptors (Lipinski definition) is 3. The molecule has 0 atom stereocenters. The van der Waals surface area contributed by atoms with E-state index in [9.17, 15) is 15.0 Å². The minimum absolute atomic E-state index is 0. The van der Waals surface area contributed by atoms with Crippen molar-refractivity contribution < 1.29 is 27.2 Å². The number of halogens is 1. The number of aromatic hydroxyl groups is 2. The molecule has 1 heterocycles. The molecular weight excluding hydrogens is 376 g/mol. The molecule has 3 rings (SSSR count). The second kappa shape index (κ2) is 9.06. The van der Waals surface area contributed by atoms with Gasteiger partial charge in [-0.25, -0.2) is 0 Å². The first-order chi connectivity index (χ1) is 12.9. The lowest BCUT2D eigenvalue weighted by molar-refractivity contribution is -0.692. The molecule has 2 N–H and O–H groups in total. The van der Waals surface area contributed by atoms with Crippen molar-refractivity contribution in [3.8, 4) is 11.5 Å². The summed E-state index contributed by atoms with van der Waals surface area (Å²) in [5.74, 6) is 0.389. The Labute approximate surface area is 169 Å². The van der Waals surface area contributed by atoms with E-state index in [0.717, 1.165) is 22.5 Å². The van der Waals surface area contributed by atoms with Gasteiger partial charge in [-0.1, -0.05) is 36.4 Å². The van der Waals surface area contributed by atoms with Crippen LogP contribution in [0.2, 0.25) is 0 Å². The lowest BCUT2D eigenvalue weighted by atomic mass is 10.1. The van der Waals surface area contributed by atoms with Crippen LogP contribution in [0, 0.1) is 0 Å². The quantitative estimate of drug-likeness (QED) is 0.608. The summed E-state index contributed by atoms with van der Waals surface area (Å²) in [6, 6.07) is 15.7. The maximum atomic E-state index is 12.5. The summed E-state index contributed by atoms with van der Waals surface area (Å²) in [5, 5.41) is 19.1. The number of benzene rings is 2. The molecule has 0 bridgehead atoms. The van der Waals surface area contributed by atoms with Crippen LogP contribution in [0.15, 0.2) is 59.4 Å². The van der Waals surface area contributed by atoms with E-state index < -0.39 is 0 Å². The van der Waals surface area contributed by atoms with E-state index in [2.05, 4.69) is 0 Å². The van der Waals surface area contributed by atoms with Gasteiger partial charge in [0.25, 0.3) is 0 Å². The molecule has 3 aromatic rings. The van der Waals surface area contributed by atoms with E-state index >= 15 is 0 Å². The van der Waals surface area contributed by atoms with Crippen LogP contribution in [-0.2, 0) is 14.1 Å². The van der Waals surface area contributed by atoms with E-state index in [1.54, 1.807) is 59.6 Å². The largest absolute Gasteiger partial charge is 1.00 e. The zero-order valence-corrected chi connectivity index (χ0v) is 16.3. The van der Waals surface area contributed by atoms with E-state index in [4.69, 9.17) is 0 Å². The van der Waals surface area contributed by atoms with E-state index in [1.807, 2.05) is 42.5 Å². The predicted octanol–water partition coefficient (Wildman–Crippen LogP) is -0.0342. The molecule has 28 heavy (non-hydrogen) atoms. The average molecular weight is 397 g/mol.